The molecule has 0 unspecified atom stereocenters. The molecule has 1 aromatic carbocycles. The lowest BCUT2D eigenvalue weighted by atomic mass is 9.90. The van der Waals surface area contributed by atoms with E-state index in [0.717, 1.165) is 22.4 Å². The predicted octanol–water partition coefficient (Wildman–Crippen LogP) is 1.87. The van der Waals surface area contributed by atoms with Crippen LogP contribution in [-0.4, -0.2) is 46.0 Å². The van der Waals surface area contributed by atoms with Crippen LogP contribution >= 0.6 is 11.6 Å². The Balaban J connectivity index is 1.41. The van der Waals surface area contributed by atoms with Crippen LogP contribution in [-0.2, 0) is 0 Å². The van der Waals surface area contributed by atoms with E-state index in [1.807, 2.05) is 13.1 Å². The molecule has 0 radical (unpaired) electrons. The van der Waals surface area contributed by atoms with Crippen LogP contribution in [0, 0.1) is 6.92 Å². The van der Waals surface area contributed by atoms with E-state index in [0.29, 0.717) is 30.2 Å². The molecule has 2 aromatic heterocycles. The summed E-state index contributed by atoms with van der Waals surface area (Å²) in [6.45, 7) is 3.63. The zero-order valence-electron chi connectivity index (χ0n) is 14.3. The van der Waals surface area contributed by atoms with E-state index < -0.39 is 5.54 Å². The Hall–Kier alpha value is -2.64. The van der Waals surface area contributed by atoms with Crippen molar-refractivity contribution in [3.05, 3.63) is 52.9 Å². The molecule has 7 nitrogen and oxygen atoms in total. The maximum Gasteiger partial charge on any atom is 0.251 e. The first kappa shape index (κ1) is 16.8. The fraction of sp³-hybridized carbons (Fsp3) is 0.278. The number of aromatic nitrogens is 3. The Labute approximate surface area is 155 Å². The number of fused-ring (bicyclic) bond motifs is 1. The van der Waals surface area contributed by atoms with Gasteiger partial charge in [0.15, 0.2) is 0 Å². The van der Waals surface area contributed by atoms with Crippen molar-refractivity contribution < 1.29 is 4.79 Å². The number of hydrogen-bond donors (Lipinski definition) is 3. The van der Waals surface area contributed by atoms with Crippen molar-refractivity contribution in [1.82, 2.24) is 20.3 Å². The summed E-state index contributed by atoms with van der Waals surface area (Å²) < 4.78 is 0. The first-order valence-corrected chi connectivity index (χ1v) is 8.69. The molecule has 4 rings (SSSR count). The first-order valence-electron chi connectivity index (χ1n) is 8.31. The highest BCUT2D eigenvalue weighted by molar-refractivity contribution is 6.30. The van der Waals surface area contributed by atoms with E-state index in [4.69, 9.17) is 17.3 Å². The number of aromatic amines is 1. The molecule has 1 amide bonds. The predicted molar refractivity (Wildman–Crippen MR) is 102 cm³/mol. The number of nitrogens with zero attached hydrogens (tertiary/aromatic N) is 3. The summed E-state index contributed by atoms with van der Waals surface area (Å²) in [6.07, 6.45) is 3.47. The Morgan fingerprint density at radius 1 is 1.42 bits per heavy atom. The van der Waals surface area contributed by atoms with Gasteiger partial charge < -0.3 is 20.9 Å². The molecule has 1 saturated heterocycles. The normalized spacial score (nSPS) is 15.7. The van der Waals surface area contributed by atoms with Gasteiger partial charge in [-0.05, 0) is 30.7 Å². The van der Waals surface area contributed by atoms with Gasteiger partial charge in [0.25, 0.3) is 5.91 Å². The van der Waals surface area contributed by atoms with Crippen LogP contribution in [0.5, 0.6) is 0 Å². The molecule has 0 aliphatic carbocycles. The largest absolute Gasteiger partial charge is 0.352 e. The first-order chi connectivity index (χ1) is 12.5. The van der Waals surface area contributed by atoms with Gasteiger partial charge in [0.1, 0.15) is 17.8 Å². The van der Waals surface area contributed by atoms with Crippen LogP contribution in [0.25, 0.3) is 11.0 Å². The van der Waals surface area contributed by atoms with Gasteiger partial charge in [-0.15, -0.1) is 0 Å². The molecule has 1 fully saturated rings. The maximum atomic E-state index is 12.3. The molecule has 0 atom stereocenters. The fourth-order valence-electron chi connectivity index (χ4n) is 3.30. The third kappa shape index (κ3) is 3.00. The summed E-state index contributed by atoms with van der Waals surface area (Å²) in [6, 6.07) is 6.85. The number of hydrogen-bond acceptors (Lipinski definition) is 5. The second kappa shape index (κ2) is 6.26. The topological polar surface area (TPSA) is 99.9 Å². The monoisotopic (exact) mass is 370 g/mol. The average Bonchev–Trinajstić information content (AvgIpc) is 2.99. The van der Waals surface area contributed by atoms with Gasteiger partial charge in [0, 0.05) is 36.4 Å². The molecule has 1 aliphatic rings. The molecule has 0 spiro atoms. The standard InChI is InChI=1S/C18H19ClN6O/c1-11-6-21-15-14(11)16(24-10-23-15)25-8-18(20,9-25)7-22-17(26)12-3-2-4-13(19)5-12/h2-6,10H,7-9,20H2,1H3,(H,22,26)(H,21,23,24). The van der Waals surface area contributed by atoms with Crippen molar-refractivity contribution in [2.45, 2.75) is 12.5 Å². The average molecular weight is 371 g/mol. The molecule has 1 aliphatic heterocycles. The number of anilines is 1. The Morgan fingerprint density at radius 3 is 3.00 bits per heavy atom. The molecule has 3 aromatic rings. The minimum atomic E-state index is -0.490. The number of H-pyrrole nitrogens is 1. The zero-order valence-corrected chi connectivity index (χ0v) is 15.0. The van der Waals surface area contributed by atoms with Crippen LogP contribution in [0.1, 0.15) is 15.9 Å². The van der Waals surface area contributed by atoms with Crippen LogP contribution in [0.2, 0.25) is 5.02 Å². The summed E-state index contributed by atoms with van der Waals surface area (Å²) >= 11 is 5.93. The highest BCUT2D eigenvalue weighted by Gasteiger charge is 2.41. The number of carbonyl (C=O) groups is 1. The second-order valence-corrected chi connectivity index (χ2v) is 7.24. The van der Waals surface area contributed by atoms with Crippen molar-refractivity contribution in [2.24, 2.45) is 5.73 Å². The SMILES string of the molecule is Cc1c[nH]c2ncnc(N3CC(N)(CNC(=O)c4cccc(Cl)c4)C3)c12. The smallest absolute Gasteiger partial charge is 0.251 e. The molecule has 26 heavy (non-hydrogen) atoms. The maximum absolute atomic E-state index is 12.3. The van der Waals surface area contributed by atoms with E-state index >= 15 is 0 Å². The van der Waals surface area contributed by atoms with Crippen LogP contribution < -0.4 is 16.0 Å². The van der Waals surface area contributed by atoms with Crippen molar-refractivity contribution in [2.75, 3.05) is 24.5 Å². The fourth-order valence-corrected chi connectivity index (χ4v) is 3.49. The number of carbonyl (C=O) groups excluding carboxylic acids is 1. The number of benzene rings is 1. The van der Waals surface area contributed by atoms with E-state index in [1.165, 1.54) is 0 Å². The Kier molecular flexibility index (Phi) is 4.05. The quantitative estimate of drug-likeness (QED) is 0.651. The molecule has 8 heteroatoms. The van der Waals surface area contributed by atoms with Gasteiger partial charge >= 0.3 is 0 Å². The lowest BCUT2D eigenvalue weighted by molar-refractivity contribution is 0.0939. The summed E-state index contributed by atoms with van der Waals surface area (Å²) in [5.74, 6) is 0.692. The molecular formula is C18H19ClN6O. The lowest BCUT2D eigenvalue weighted by Crippen LogP contribution is -2.72. The molecular weight excluding hydrogens is 352 g/mol. The number of nitrogens with two attached hydrogens (primary N) is 1. The third-order valence-corrected chi connectivity index (χ3v) is 4.88. The van der Waals surface area contributed by atoms with Gasteiger partial charge in [0.2, 0.25) is 0 Å². The van der Waals surface area contributed by atoms with Crippen molar-refractivity contribution in [3.63, 3.8) is 0 Å². The Morgan fingerprint density at radius 2 is 2.23 bits per heavy atom. The minimum absolute atomic E-state index is 0.179. The second-order valence-electron chi connectivity index (χ2n) is 6.80. The van der Waals surface area contributed by atoms with Crippen molar-refractivity contribution in [1.29, 1.82) is 0 Å². The number of rotatable bonds is 4. The van der Waals surface area contributed by atoms with E-state index in [2.05, 4.69) is 25.2 Å². The summed E-state index contributed by atoms with van der Waals surface area (Å²) in [5.41, 5.74) is 8.36. The molecule has 4 N–H and O–H groups in total. The van der Waals surface area contributed by atoms with E-state index in [-0.39, 0.29) is 5.91 Å². The van der Waals surface area contributed by atoms with Gasteiger partial charge in [-0.3, -0.25) is 4.79 Å². The van der Waals surface area contributed by atoms with Gasteiger partial charge in [-0.25, -0.2) is 9.97 Å². The van der Waals surface area contributed by atoms with Gasteiger partial charge in [-0.1, -0.05) is 17.7 Å². The third-order valence-electron chi connectivity index (χ3n) is 4.65. The molecule has 3 heterocycles. The zero-order chi connectivity index (χ0) is 18.3. The highest BCUT2D eigenvalue weighted by atomic mass is 35.5. The van der Waals surface area contributed by atoms with Crippen molar-refractivity contribution >= 4 is 34.4 Å². The van der Waals surface area contributed by atoms with E-state index in [9.17, 15) is 4.79 Å². The number of aryl methyl sites for hydroxylation is 1. The molecule has 134 valence electrons. The summed E-state index contributed by atoms with van der Waals surface area (Å²) in [5, 5.41) is 4.44. The van der Waals surface area contributed by atoms with Crippen molar-refractivity contribution in [3.8, 4) is 0 Å². The minimum Gasteiger partial charge on any atom is -0.352 e. The van der Waals surface area contributed by atoms with Crippen LogP contribution in [0.3, 0.4) is 0 Å². The number of amides is 1. The molecule has 0 saturated carbocycles. The van der Waals surface area contributed by atoms with Crippen LogP contribution in [0.15, 0.2) is 36.8 Å². The number of nitrogens with one attached hydrogen (secondary N) is 2. The number of halogens is 1. The van der Waals surface area contributed by atoms with Gasteiger partial charge in [-0.2, -0.15) is 0 Å². The van der Waals surface area contributed by atoms with E-state index in [1.54, 1.807) is 30.6 Å². The highest BCUT2D eigenvalue weighted by Crippen LogP contribution is 2.31. The Bertz CT molecular complexity index is 979. The summed E-state index contributed by atoms with van der Waals surface area (Å²) in [4.78, 5) is 26.2. The summed E-state index contributed by atoms with van der Waals surface area (Å²) in [7, 11) is 0. The lowest BCUT2D eigenvalue weighted by Gasteiger charge is -2.48. The van der Waals surface area contributed by atoms with Gasteiger partial charge in [0.05, 0.1) is 10.9 Å². The molecule has 0 bridgehead atoms. The van der Waals surface area contributed by atoms with Crippen LogP contribution in [0.4, 0.5) is 5.82 Å².